The molecule has 19 heavy (non-hydrogen) atoms. The lowest BCUT2D eigenvalue weighted by atomic mass is 10.1. The van der Waals surface area contributed by atoms with Crippen molar-refractivity contribution in [1.82, 2.24) is 5.32 Å². The highest BCUT2D eigenvalue weighted by atomic mass is 16.5. The number of carbonyl (C=O) groups is 1. The van der Waals surface area contributed by atoms with Crippen LogP contribution in [-0.2, 0) is 11.2 Å². The summed E-state index contributed by atoms with van der Waals surface area (Å²) in [5.74, 6) is 0.755. The molecule has 0 saturated heterocycles. The van der Waals surface area contributed by atoms with E-state index in [1.165, 1.54) is 18.4 Å². The molecule has 1 aromatic rings. The molecule has 0 aromatic heterocycles. The second kappa shape index (κ2) is 5.61. The Kier molecular flexibility index (Phi) is 3.69. The molecule has 0 atom stereocenters. The Morgan fingerprint density at radius 2 is 2.32 bits per heavy atom. The van der Waals surface area contributed by atoms with Gasteiger partial charge in [0.05, 0.1) is 6.61 Å². The lowest BCUT2D eigenvalue weighted by Crippen LogP contribution is -2.27. The molecular weight excluding hydrogens is 240 g/mol. The Morgan fingerprint density at radius 3 is 3.16 bits per heavy atom. The van der Waals surface area contributed by atoms with Crippen LogP contribution in [0.1, 0.15) is 28.8 Å². The van der Waals surface area contributed by atoms with Gasteiger partial charge in [0.2, 0.25) is 0 Å². The van der Waals surface area contributed by atoms with Crippen molar-refractivity contribution in [2.45, 2.75) is 19.3 Å². The molecular formula is C15H20N2O2. The number of amides is 1. The number of nitrogens with one attached hydrogen (secondary N) is 2. The number of rotatable bonds is 6. The highest BCUT2D eigenvalue weighted by molar-refractivity contribution is 5.95. The fourth-order valence-corrected chi connectivity index (χ4v) is 2.31. The van der Waals surface area contributed by atoms with Crippen molar-refractivity contribution in [3.63, 3.8) is 0 Å². The van der Waals surface area contributed by atoms with Crippen molar-refractivity contribution in [2.75, 3.05) is 31.6 Å². The molecule has 0 spiro atoms. The normalized spacial score (nSPS) is 16.8. The van der Waals surface area contributed by atoms with Crippen molar-refractivity contribution < 1.29 is 9.53 Å². The zero-order chi connectivity index (χ0) is 13.1. The highest BCUT2D eigenvalue weighted by Crippen LogP contribution is 2.28. The molecule has 1 aliphatic carbocycles. The van der Waals surface area contributed by atoms with E-state index in [2.05, 4.69) is 10.6 Å². The average Bonchev–Trinajstić information content (AvgIpc) is 3.13. The largest absolute Gasteiger partial charge is 0.384 e. The van der Waals surface area contributed by atoms with Crippen molar-refractivity contribution in [2.24, 2.45) is 5.92 Å². The number of anilines is 1. The Labute approximate surface area is 113 Å². The fraction of sp³-hybridized carbons (Fsp3) is 0.533. The van der Waals surface area contributed by atoms with E-state index in [9.17, 15) is 4.79 Å². The molecule has 0 radical (unpaired) electrons. The molecule has 1 aromatic carbocycles. The molecule has 0 unspecified atom stereocenters. The standard InChI is InChI=1S/C15H20N2O2/c18-15(17-7-8-19-10-11-1-2-11)13-4-3-12-5-6-16-14(12)9-13/h3-4,9,11,16H,1-2,5-8,10H2,(H,17,18). The molecule has 4 heteroatoms. The maximum absolute atomic E-state index is 12.0. The molecule has 1 fully saturated rings. The van der Waals surface area contributed by atoms with Crippen LogP contribution in [0.15, 0.2) is 18.2 Å². The van der Waals surface area contributed by atoms with Gasteiger partial charge in [-0.3, -0.25) is 4.79 Å². The molecule has 2 N–H and O–H groups in total. The van der Waals surface area contributed by atoms with Crippen molar-refractivity contribution in [3.05, 3.63) is 29.3 Å². The molecule has 0 bridgehead atoms. The van der Waals surface area contributed by atoms with Gasteiger partial charge in [-0.2, -0.15) is 0 Å². The first-order chi connectivity index (χ1) is 9.33. The minimum Gasteiger partial charge on any atom is -0.384 e. The van der Waals surface area contributed by atoms with Gasteiger partial charge in [0.1, 0.15) is 0 Å². The smallest absolute Gasteiger partial charge is 0.251 e. The predicted molar refractivity (Wildman–Crippen MR) is 74.5 cm³/mol. The van der Waals surface area contributed by atoms with Gasteiger partial charge < -0.3 is 15.4 Å². The Balaban J connectivity index is 1.44. The zero-order valence-electron chi connectivity index (χ0n) is 11.1. The van der Waals surface area contributed by atoms with Gasteiger partial charge in [0, 0.05) is 30.9 Å². The first-order valence-electron chi connectivity index (χ1n) is 7.05. The van der Waals surface area contributed by atoms with Gasteiger partial charge >= 0.3 is 0 Å². The molecule has 102 valence electrons. The summed E-state index contributed by atoms with van der Waals surface area (Å²) < 4.78 is 5.49. The lowest BCUT2D eigenvalue weighted by Gasteiger charge is -2.07. The van der Waals surface area contributed by atoms with Crippen molar-refractivity contribution in [3.8, 4) is 0 Å². The summed E-state index contributed by atoms with van der Waals surface area (Å²) in [6, 6.07) is 5.86. The Hall–Kier alpha value is -1.55. The van der Waals surface area contributed by atoms with Crippen LogP contribution in [0, 0.1) is 5.92 Å². The highest BCUT2D eigenvalue weighted by Gasteiger charge is 2.20. The van der Waals surface area contributed by atoms with Crippen LogP contribution in [0.2, 0.25) is 0 Å². The van der Waals surface area contributed by atoms with Gasteiger partial charge in [-0.1, -0.05) is 6.07 Å². The maximum atomic E-state index is 12.0. The predicted octanol–water partition coefficient (Wildman–Crippen LogP) is 1.81. The summed E-state index contributed by atoms with van der Waals surface area (Å²) in [6.07, 6.45) is 3.65. The van der Waals surface area contributed by atoms with Crippen LogP contribution in [0.25, 0.3) is 0 Å². The topological polar surface area (TPSA) is 50.4 Å². The average molecular weight is 260 g/mol. The van der Waals surface area contributed by atoms with Crippen molar-refractivity contribution >= 4 is 11.6 Å². The molecule has 1 saturated carbocycles. The van der Waals surface area contributed by atoms with Crippen LogP contribution < -0.4 is 10.6 Å². The Morgan fingerprint density at radius 1 is 1.42 bits per heavy atom. The molecule has 3 rings (SSSR count). The third-order valence-electron chi connectivity index (χ3n) is 3.66. The molecule has 4 nitrogen and oxygen atoms in total. The van der Waals surface area contributed by atoms with Gasteiger partial charge in [-0.05, 0) is 42.9 Å². The lowest BCUT2D eigenvalue weighted by molar-refractivity contribution is 0.0906. The van der Waals surface area contributed by atoms with E-state index in [0.717, 1.165) is 36.7 Å². The van der Waals surface area contributed by atoms with E-state index in [1.807, 2.05) is 18.2 Å². The molecule has 1 amide bonds. The second-order valence-corrected chi connectivity index (χ2v) is 5.32. The third kappa shape index (κ3) is 3.26. The van der Waals surface area contributed by atoms with Gasteiger partial charge in [0.25, 0.3) is 5.91 Å². The zero-order valence-corrected chi connectivity index (χ0v) is 11.1. The number of fused-ring (bicyclic) bond motifs is 1. The summed E-state index contributed by atoms with van der Waals surface area (Å²) in [6.45, 7) is 3.00. The number of hydrogen-bond donors (Lipinski definition) is 2. The second-order valence-electron chi connectivity index (χ2n) is 5.32. The number of carbonyl (C=O) groups excluding carboxylic acids is 1. The first-order valence-corrected chi connectivity index (χ1v) is 7.05. The summed E-state index contributed by atoms with van der Waals surface area (Å²) in [7, 11) is 0. The van der Waals surface area contributed by atoms with Gasteiger partial charge in [-0.15, -0.1) is 0 Å². The Bertz CT molecular complexity index is 469. The fourth-order valence-electron chi connectivity index (χ4n) is 2.31. The van der Waals surface area contributed by atoms with E-state index < -0.39 is 0 Å². The van der Waals surface area contributed by atoms with Gasteiger partial charge in [-0.25, -0.2) is 0 Å². The van der Waals surface area contributed by atoms with E-state index in [0.29, 0.717) is 13.2 Å². The van der Waals surface area contributed by atoms with E-state index >= 15 is 0 Å². The van der Waals surface area contributed by atoms with Crippen LogP contribution in [0.5, 0.6) is 0 Å². The summed E-state index contributed by atoms with van der Waals surface area (Å²) >= 11 is 0. The molecule has 1 aliphatic heterocycles. The van der Waals surface area contributed by atoms with Crippen LogP contribution >= 0.6 is 0 Å². The summed E-state index contributed by atoms with van der Waals surface area (Å²) in [4.78, 5) is 12.0. The summed E-state index contributed by atoms with van der Waals surface area (Å²) in [5.41, 5.74) is 3.11. The molecule has 1 heterocycles. The number of hydrogen-bond acceptors (Lipinski definition) is 3. The van der Waals surface area contributed by atoms with Crippen LogP contribution in [0.3, 0.4) is 0 Å². The van der Waals surface area contributed by atoms with E-state index in [4.69, 9.17) is 4.74 Å². The first kappa shape index (κ1) is 12.5. The van der Waals surface area contributed by atoms with E-state index in [1.54, 1.807) is 0 Å². The van der Waals surface area contributed by atoms with E-state index in [-0.39, 0.29) is 5.91 Å². The summed E-state index contributed by atoms with van der Waals surface area (Å²) in [5, 5.41) is 6.18. The third-order valence-corrected chi connectivity index (χ3v) is 3.66. The quantitative estimate of drug-likeness (QED) is 0.767. The van der Waals surface area contributed by atoms with Crippen LogP contribution in [0.4, 0.5) is 5.69 Å². The minimum atomic E-state index is -0.0217. The SMILES string of the molecule is O=C(NCCOCC1CC1)c1ccc2c(c1)NCC2. The number of benzene rings is 1. The van der Waals surface area contributed by atoms with Crippen LogP contribution in [-0.4, -0.2) is 32.2 Å². The maximum Gasteiger partial charge on any atom is 0.251 e. The monoisotopic (exact) mass is 260 g/mol. The number of ether oxygens (including phenoxy) is 1. The minimum absolute atomic E-state index is 0.0217. The van der Waals surface area contributed by atoms with Crippen molar-refractivity contribution in [1.29, 1.82) is 0 Å². The van der Waals surface area contributed by atoms with Gasteiger partial charge in [0.15, 0.2) is 0 Å². The molecule has 2 aliphatic rings.